The quantitative estimate of drug-likeness (QED) is 0.750. The highest BCUT2D eigenvalue weighted by Gasteiger charge is 2.36. The van der Waals surface area contributed by atoms with E-state index in [9.17, 15) is 0 Å². The van der Waals surface area contributed by atoms with E-state index in [0.29, 0.717) is 12.5 Å². The minimum Gasteiger partial charge on any atom is -0.396 e. The molecule has 1 aromatic carbocycles. The van der Waals surface area contributed by atoms with Crippen LogP contribution in [0.2, 0.25) is 0 Å². The van der Waals surface area contributed by atoms with Crippen LogP contribution in [0.5, 0.6) is 0 Å². The summed E-state index contributed by atoms with van der Waals surface area (Å²) in [6.07, 6.45) is 3.56. The molecular formula is C18H28O4. The van der Waals surface area contributed by atoms with Crippen molar-refractivity contribution in [2.45, 2.75) is 57.7 Å². The number of aliphatic hydroxyl groups excluding tert-OH is 1. The predicted molar refractivity (Wildman–Crippen MR) is 85.4 cm³/mol. The summed E-state index contributed by atoms with van der Waals surface area (Å²) >= 11 is 0. The molecule has 2 rings (SSSR count). The third-order valence-electron chi connectivity index (χ3n) is 4.39. The van der Waals surface area contributed by atoms with Crippen molar-refractivity contribution in [3.8, 4) is 0 Å². The minimum atomic E-state index is -0.198. The van der Waals surface area contributed by atoms with Gasteiger partial charge in [0.05, 0.1) is 18.8 Å². The van der Waals surface area contributed by atoms with Crippen molar-refractivity contribution in [1.29, 1.82) is 0 Å². The number of hydrogen-bond acceptors (Lipinski definition) is 4. The average molecular weight is 308 g/mol. The van der Waals surface area contributed by atoms with Crippen LogP contribution in [0.25, 0.3) is 0 Å². The Morgan fingerprint density at radius 2 is 2.00 bits per heavy atom. The molecule has 1 saturated heterocycles. The second-order valence-corrected chi connectivity index (χ2v) is 5.99. The van der Waals surface area contributed by atoms with Crippen LogP contribution in [-0.2, 0) is 20.8 Å². The third-order valence-corrected chi connectivity index (χ3v) is 4.39. The Labute approximate surface area is 133 Å². The lowest BCUT2D eigenvalue weighted by Crippen LogP contribution is -2.44. The van der Waals surface area contributed by atoms with Crippen molar-refractivity contribution in [2.24, 2.45) is 5.92 Å². The largest absolute Gasteiger partial charge is 0.396 e. The second kappa shape index (κ2) is 9.26. The van der Waals surface area contributed by atoms with E-state index < -0.39 is 0 Å². The molecule has 4 nitrogen and oxygen atoms in total. The maximum atomic E-state index is 8.93. The Morgan fingerprint density at radius 1 is 1.23 bits per heavy atom. The van der Waals surface area contributed by atoms with E-state index in [0.717, 1.165) is 25.7 Å². The number of ether oxygens (including phenoxy) is 3. The monoisotopic (exact) mass is 308 g/mol. The number of unbranched alkanes of at least 4 members (excludes halogenated alkanes) is 1. The van der Waals surface area contributed by atoms with Gasteiger partial charge >= 0.3 is 0 Å². The van der Waals surface area contributed by atoms with Gasteiger partial charge in [0.2, 0.25) is 0 Å². The first-order valence-electron chi connectivity index (χ1n) is 8.19. The number of benzene rings is 1. The van der Waals surface area contributed by atoms with E-state index in [1.165, 1.54) is 5.56 Å². The van der Waals surface area contributed by atoms with E-state index in [2.05, 4.69) is 19.1 Å². The summed E-state index contributed by atoms with van der Waals surface area (Å²) < 4.78 is 17.5. The summed E-state index contributed by atoms with van der Waals surface area (Å²) in [6.45, 7) is 3.05. The molecule has 4 atom stereocenters. The molecule has 1 heterocycles. The fourth-order valence-electron chi connectivity index (χ4n) is 2.96. The summed E-state index contributed by atoms with van der Waals surface area (Å²) in [7, 11) is 1.68. The summed E-state index contributed by atoms with van der Waals surface area (Å²) in [6, 6.07) is 10.2. The molecule has 0 bridgehead atoms. The lowest BCUT2D eigenvalue weighted by Gasteiger charge is -2.39. The van der Waals surface area contributed by atoms with Crippen LogP contribution < -0.4 is 0 Å². The molecular weight excluding hydrogens is 280 g/mol. The average Bonchev–Trinajstić information content (AvgIpc) is 2.56. The van der Waals surface area contributed by atoms with Gasteiger partial charge in [0.15, 0.2) is 6.29 Å². The molecule has 0 radical (unpaired) electrons. The highest BCUT2D eigenvalue weighted by Crippen LogP contribution is 2.31. The zero-order valence-electron chi connectivity index (χ0n) is 13.6. The number of rotatable bonds is 8. The summed E-state index contributed by atoms with van der Waals surface area (Å²) in [4.78, 5) is 0. The van der Waals surface area contributed by atoms with Crippen molar-refractivity contribution in [1.82, 2.24) is 0 Å². The minimum absolute atomic E-state index is 0.131. The molecule has 1 aliphatic heterocycles. The SMILES string of the molecule is CO[C@H]1C[C@H](OCc2ccccc2)[C@@H](C)[C@@H](CCCCO)O1. The molecule has 0 unspecified atom stereocenters. The first-order valence-corrected chi connectivity index (χ1v) is 8.19. The Morgan fingerprint density at radius 3 is 2.68 bits per heavy atom. The van der Waals surface area contributed by atoms with Gasteiger partial charge in [-0.15, -0.1) is 0 Å². The van der Waals surface area contributed by atoms with Gasteiger partial charge in [-0.2, -0.15) is 0 Å². The predicted octanol–water partition coefficient (Wildman–Crippen LogP) is 3.13. The van der Waals surface area contributed by atoms with Crippen LogP contribution >= 0.6 is 0 Å². The zero-order chi connectivity index (χ0) is 15.8. The van der Waals surface area contributed by atoms with Crippen molar-refractivity contribution < 1.29 is 19.3 Å². The van der Waals surface area contributed by atoms with Crippen LogP contribution in [0, 0.1) is 5.92 Å². The molecule has 1 aliphatic rings. The summed E-state index contributed by atoms with van der Waals surface area (Å²) in [5.41, 5.74) is 1.19. The topological polar surface area (TPSA) is 47.9 Å². The summed E-state index contributed by atoms with van der Waals surface area (Å²) in [5, 5.41) is 8.93. The lowest BCUT2D eigenvalue weighted by molar-refractivity contribution is -0.234. The molecule has 0 aliphatic carbocycles. The van der Waals surface area contributed by atoms with Gasteiger partial charge in [0, 0.05) is 26.1 Å². The van der Waals surface area contributed by atoms with E-state index in [4.69, 9.17) is 19.3 Å². The molecule has 1 fully saturated rings. The number of hydrogen-bond donors (Lipinski definition) is 1. The van der Waals surface area contributed by atoms with Crippen LogP contribution in [0.1, 0.15) is 38.2 Å². The van der Waals surface area contributed by atoms with Gasteiger partial charge < -0.3 is 19.3 Å². The Hall–Kier alpha value is -0.940. The van der Waals surface area contributed by atoms with Crippen LogP contribution in [0.3, 0.4) is 0 Å². The standard InChI is InChI=1S/C18H28O4/c1-14-16(10-6-7-11-19)22-18(20-2)12-17(14)21-13-15-8-4-3-5-9-15/h3-5,8-9,14,16-19H,6-7,10-13H2,1-2H3/t14-,16+,17-,18+/m0/s1. The Bertz CT molecular complexity index is 409. The van der Waals surface area contributed by atoms with Crippen molar-refractivity contribution in [3.05, 3.63) is 35.9 Å². The van der Waals surface area contributed by atoms with Gasteiger partial charge in [-0.1, -0.05) is 37.3 Å². The van der Waals surface area contributed by atoms with E-state index >= 15 is 0 Å². The van der Waals surface area contributed by atoms with Gasteiger partial charge in [-0.25, -0.2) is 0 Å². The molecule has 0 saturated carbocycles. The van der Waals surface area contributed by atoms with Crippen molar-refractivity contribution in [2.75, 3.05) is 13.7 Å². The Kier molecular flexibility index (Phi) is 7.33. The molecule has 22 heavy (non-hydrogen) atoms. The second-order valence-electron chi connectivity index (χ2n) is 5.99. The molecule has 0 amide bonds. The number of methoxy groups -OCH3 is 1. The van der Waals surface area contributed by atoms with Gasteiger partial charge in [0.1, 0.15) is 0 Å². The van der Waals surface area contributed by atoms with Crippen LogP contribution in [0.4, 0.5) is 0 Å². The fourth-order valence-corrected chi connectivity index (χ4v) is 2.96. The van der Waals surface area contributed by atoms with Crippen molar-refractivity contribution >= 4 is 0 Å². The zero-order valence-corrected chi connectivity index (χ0v) is 13.6. The molecule has 4 heteroatoms. The summed E-state index contributed by atoms with van der Waals surface area (Å²) in [5.74, 6) is 0.328. The maximum Gasteiger partial charge on any atom is 0.160 e. The first-order chi connectivity index (χ1) is 10.7. The maximum absolute atomic E-state index is 8.93. The van der Waals surface area contributed by atoms with Gasteiger partial charge in [-0.05, 0) is 24.8 Å². The van der Waals surface area contributed by atoms with E-state index in [1.54, 1.807) is 7.11 Å². The van der Waals surface area contributed by atoms with Crippen LogP contribution in [0.15, 0.2) is 30.3 Å². The first kappa shape index (κ1) is 17.4. The molecule has 0 spiro atoms. The molecule has 124 valence electrons. The Balaban J connectivity index is 1.90. The molecule has 1 aromatic rings. The van der Waals surface area contributed by atoms with E-state index in [-0.39, 0.29) is 25.1 Å². The molecule has 0 aromatic heterocycles. The van der Waals surface area contributed by atoms with Crippen LogP contribution in [-0.4, -0.2) is 37.3 Å². The van der Waals surface area contributed by atoms with E-state index in [1.807, 2.05) is 18.2 Å². The lowest BCUT2D eigenvalue weighted by atomic mass is 9.89. The fraction of sp³-hybridized carbons (Fsp3) is 0.667. The normalized spacial score (nSPS) is 28.7. The molecule has 1 N–H and O–H groups in total. The van der Waals surface area contributed by atoms with Gasteiger partial charge in [-0.3, -0.25) is 0 Å². The van der Waals surface area contributed by atoms with Gasteiger partial charge in [0.25, 0.3) is 0 Å². The van der Waals surface area contributed by atoms with Crippen molar-refractivity contribution in [3.63, 3.8) is 0 Å². The third kappa shape index (κ3) is 5.06. The highest BCUT2D eigenvalue weighted by molar-refractivity contribution is 5.13. The highest BCUT2D eigenvalue weighted by atomic mass is 16.7. The number of aliphatic hydroxyl groups is 1. The smallest absolute Gasteiger partial charge is 0.160 e.